The third kappa shape index (κ3) is 2.03. The quantitative estimate of drug-likeness (QED) is 0.211. The average Bonchev–Trinajstić information content (AvgIpc) is 2.29. The van der Waals surface area contributed by atoms with E-state index >= 15 is 0 Å². The van der Waals surface area contributed by atoms with E-state index in [1.165, 1.54) is 6.92 Å². The van der Waals surface area contributed by atoms with E-state index < -0.39 is 5.97 Å². The third-order valence-corrected chi connectivity index (χ3v) is 2.19. The van der Waals surface area contributed by atoms with Crippen molar-refractivity contribution in [2.24, 2.45) is 0 Å². The maximum atomic E-state index is 11.4. The highest BCUT2D eigenvalue weighted by molar-refractivity contribution is 6.01. The number of carbonyl (C=O) groups excluding carboxylic acids is 1. The van der Waals surface area contributed by atoms with Gasteiger partial charge in [-0.1, -0.05) is 6.58 Å². The fourth-order valence-electron chi connectivity index (χ4n) is 1.11. The third-order valence-electron chi connectivity index (χ3n) is 2.19. The van der Waals surface area contributed by atoms with Crippen molar-refractivity contribution in [3.63, 3.8) is 0 Å². The fraction of sp³-hybridized carbons (Fsp3) is 0.100. The number of anilines is 5. The zero-order chi connectivity index (χ0) is 13.3. The molecule has 0 aliphatic carbocycles. The summed E-state index contributed by atoms with van der Waals surface area (Å²) in [5, 5.41) is 0. The number of hydrogen-bond acceptors (Lipinski definition) is 7. The molecule has 0 saturated carbocycles. The Hall–Kier alpha value is -2.57. The second-order valence-corrected chi connectivity index (χ2v) is 3.57. The van der Waals surface area contributed by atoms with Crippen LogP contribution in [-0.4, -0.2) is 5.97 Å². The van der Waals surface area contributed by atoms with Gasteiger partial charge in [-0.2, -0.15) is 0 Å². The van der Waals surface area contributed by atoms with Crippen molar-refractivity contribution in [3.8, 4) is 5.75 Å². The molecule has 0 atom stereocenters. The molecule has 10 N–H and O–H groups in total. The van der Waals surface area contributed by atoms with Crippen molar-refractivity contribution in [2.45, 2.75) is 6.92 Å². The van der Waals surface area contributed by atoms with Crippen LogP contribution in [0.15, 0.2) is 12.2 Å². The normalized spacial score (nSPS) is 9.94. The minimum atomic E-state index is -0.674. The van der Waals surface area contributed by atoms with E-state index in [1.807, 2.05) is 0 Å². The van der Waals surface area contributed by atoms with Crippen LogP contribution in [0.2, 0.25) is 0 Å². The highest BCUT2D eigenvalue weighted by atomic mass is 16.5. The Labute approximate surface area is 98.2 Å². The summed E-state index contributed by atoms with van der Waals surface area (Å²) in [6, 6.07) is 0. The zero-order valence-corrected chi connectivity index (χ0v) is 9.41. The Morgan fingerprint density at radius 3 is 1.65 bits per heavy atom. The van der Waals surface area contributed by atoms with Crippen molar-refractivity contribution in [1.82, 2.24) is 0 Å². The first kappa shape index (κ1) is 12.5. The van der Waals surface area contributed by atoms with Gasteiger partial charge in [0.25, 0.3) is 0 Å². The molecule has 17 heavy (non-hydrogen) atoms. The topological polar surface area (TPSA) is 156 Å². The van der Waals surface area contributed by atoms with Gasteiger partial charge < -0.3 is 33.4 Å². The van der Waals surface area contributed by atoms with Crippen LogP contribution in [0.3, 0.4) is 0 Å². The van der Waals surface area contributed by atoms with Crippen LogP contribution in [0.1, 0.15) is 6.92 Å². The van der Waals surface area contributed by atoms with Crippen LogP contribution >= 0.6 is 0 Å². The standard InChI is InChI=1S/C10H15N5O2/c1-3(2)10(16)17-9-7(14)5(12)4(11)6(13)8(9)15/h1,11-15H2,2H3. The van der Waals surface area contributed by atoms with Crippen molar-refractivity contribution >= 4 is 34.4 Å². The molecule has 0 heterocycles. The first-order chi connectivity index (χ1) is 7.77. The van der Waals surface area contributed by atoms with E-state index in [0.717, 1.165) is 0 Å². The summed E-state index contributed by atoms with van der Waals surface area (Å²) in [5.74, 6) is -0.769. The molecule has 1 rings (SSSR count). The van der Waals surface area contributed by atoms with Crippen molar-refractivity contribution in [2.75, 3.05) is 28.7 Å². The smallest absolute Gasteiger partial charge is 0.338 e. The monoisotopic (exact) mass is 237 g/mol. The molecular weight excluding hydrogens is 222 g/mol. The number of hydrogen-bond donors (Lipinski definition) is 5. The van der Waals surface area contributed by atoms with Crippen LogP contribution in [0.5, 0.6) is 5.75 Å². The number of nitrogen functional groups attached to an aromatic ring is 5. The Kier molecular flexibility index (Phi) is 3.03. The number of rotatable bonds is 2. The lowest BCUT2D eigenvalue weighted by Gasteiger charge is -2.16. The summed E-state index contributed by atoms with van der Waals surface area (Å²) < 4.78 is 4.95. The summed E-state index contributed by atoms with van der Waals surface area (Å²) >= 11 is 0. The Balaban J connectivity index is 3.35. The number of ether oxygens (including phenoxy) is 1. The summed E-state index contributed by atoms with van der Waals surface area (Å²) in [5.41, 5.74) is 28.4. The van der Waals surface area contributed by atoms with E-state index in [0.29, 0.717) is 0 Å². The van der Waals surface area contributed by atoms with Gasteiger partial charge in [0.15, 0.2) is 5.75 Å². The second-order valence-electron chi connectivity index (χ2n) is 3.57. The van der Waals surface area contributed by atoms with Crippen LogP contribution < -0.4 is 33.4 Å². The molecule has 0 radical (unpaired) electrons. The number of nitrogens with two attached hydrogens (primary N) is 5. The molecule has 1 aromatic rings. The lowest BCUT2D eigenvalue weighted by Crippen LogP contribution is -2.14. The van der Waals surface area contributed by atoms with E-state index in [4.69, 9.17) is 33.4 Å². The highest BCUT2D eigenvalue weighted by Gasteiger charge is 2.19. The van der Waals surface area contributed by atoms with Crippen LogP contribution in [0.25, 0.3) is 0 Å². The largest absolute Gasteiger partial charge is 0.419 e. The molecule has 0 aliphatic rings. The van der Waals surface area contributed by atoms with Gasteiger partial charge in [0.1, 0.15) is 11.4 Å². The molecule has 0 spiro atoms. The van der Waals surface area contributed by atoms with Gasteiger partial charge in [-0.05, 0) is 6.92 Å². The predicted molar refractivity (Wildman–Crippen MR) is 69.0 cm³/mol. The molecule has 0 bridgehead atoms. The van der Waals surface area contributed by atoms with E-state index in [-0.39, 0.29) is 39.8 Å². The van der Waals surface area contributed by atoms with E-state index in [9.17, 15) is 4.79 Å². The van der Waals surface area contributed by atoms with Gasteiger partial charge in [-0.15, -0.1) is 0 Å². The summed E-state index contributed by atoms with van der Waals surface area (Å²) in [4.78, 5) is 11.4. The van der Waals surface area contributed by atoms with Gasteiger partial charge in [0.2, 0.25) is 0 Å². The first-order valence-corrected chi connectivity index (χ1v) is 4.66. The fourth-order valence-corrected chi connectivity index (χ4v) is 1.11. The Bertz CT molecular complexity index is 481. The number of esters is 1. The van der Waals surface area contributed by atoms with Crippen molar-refractivity contribution < 1.29 is 9.53 Å². The first-order valence-electron chi connectivity index (χ1n) is 4.66. The van der Waals surface area contributed by atoms with Gasteiger partial charge in [0, 0.05) is 5.57 Å². The SMILES string of the molecule is C=C(C)C(=O)Oc1c(N)c(N)c(N)c(N)c1N. The Morgan fingerprint density at radius 2 is 1.29 bits per heavy atom. The number of benzene rings is 1. The van der Waals surface area contributed by atoms with Gasteiger partial charge in [-0.3, -0.25) is 0 Å². The van der Waals surface area contributed by atoms with Gasteiger partial charge in [0.05, 0.1) is 17.1 Å². The lowest BCUT2D eigenvalue weighted by atomic mass is 10.1. The molecule has 0 unspecified atom stereocenters. The van der Waals surface area contributed by atoms with Crippen molar-refractivity contribution in [3.05, 3.63) is 12.2 Å². The highest BCUT2D eigenvalue weighted by Crippen LogP contribution is 2.43. The maximum absolute atomic E-state index is 11.4. The molecule has 0 saturated heterocycles. The van der Waals surface area contributed by atoms with Crippen LogP contribution in [-0.2, 0) is 4.79 Å². The molecule has 0 aliphatic heterocycles. The minimum absolute atomic E-state index is 0.0243. The summed E-state index contributed by atoms with van der Waals surface area (Å²) in [6.45, 7) is 4.91. The second kappa shape index (κ2) is 4.12. The van der Waals surface area contributed by atoms with Crippen LogP contribution in [0.4, 0.5) is 28.4 Å². The average molecular weight is 237 g/mol. The van der Waals surface area contributed by atoms with Gasteiger partial charge in [-0.25, -0.2) is 4.79 Å². The molecule has 0 amide bonds. The van der Waals surface area contributed by atoms with Crippen molar-refractivity contribution in [1.29, 1.82) is 0 Å². The minimum Gasteiger partial charge on any atom is -0.419 e. The molecule has 7 heteroatoms. The molecular formula is C10H15N5O2. The molecule has 0 fully saturated rings. The lowest BCUT2D eigenvalue weighted by molar-refractivity contribution is -0.129. The predicted octanol–water partition coefficient (Wildman–Crippen LogP) is 0.0791. The Morgan fingerprint density at radius 1 is 0.941 bits per heavy atom. The molecule has 1 aromatic carbocycles. The number of carbonyl (C=O) groups is 1. The summed E-state index contributed by atoms with van der Waals surface area (Å²) in [7, 11) is 0. The molecule has 92 valence electrons. The van der Waals surface area contributed by atoms with Gasteiger partial charge >= 0.3 is 5.97 Å². The van der Waals surface area contributed by atoms with E-state index in [2.05, 4.69) is 6.58 Å². The maximum Gasteiger partial charge on any atom is 0.338 e. The molecule has 7 nitrogen and oxygen atoms in total. The van der Waals surface area contributed by atoms with Crippen LogP contribution in [0, 0.1) is 0 Å². The summed E-state index contributed by atoms with van der Waals surface area (Å²) in [6.07, 6.45) is 0. The zero-order valence-electron chi connectivity index (χ0n) is 9.41. The van der Waals surface area contributed by atoms with E-state index in [1.54, 1.807) is 0 Å². The molecule has 0 aromatic heterocycles.